The van der Waals surface area contributed by atoms with Crippen molar-refractivity contribution in [2.24, 2.45) is 7.05 Å². The molecule has 30 heavy (non-hydrogen) atoms. The van der Waals surface area contributed by atoms with Crippen LogP contribution >= 0.6 is 0 Å². The van der Waals surface area contributed by atoms with Crippen molar-refractivity contribution in [1.82, 2.24) is 9.55 Å². The van der Waals surface area contributed by atoms with Crippen LogP contribution in [0.1, 0.15) is 5.56 Å². The van der Waals surface area contributed by atoms with Crippen LogP contribution in [0.25, 0.3) is 43.6 Å². The summed E-state index contributed by atoms with van der Waals surface area (Å²) in [6, 6.07) is 13.4. The summed E-state index contributed by atoms with van der Waals surface area (Å²) in [4.78, 5) is 29.0. The van der Waals surface area contributed by atoms with Crippen molar-refractivity contribution in [2.75, 3.05) is 0 Å². The Labute approximate surface area is 169 Å². The van der Waals surface area contributed by atoms with Gasteiger partial charge in [0.1, 0.15) is 4.90 Å². The average molecular weight is 420 g/mol. The zero-order chi connectivity index (χ0) is 21.4. The number of aryl methyl sites for hydroxylation is 2. The van der Waals surface area contributed by atoms with E-state index in [9.17, 15) is 22.6 Å². The van der Waals surface area contributed by atoms with Gasteiger partial charge in [0.15, 0.2) is 10.9 Å². The smallest absolute Gasteiger partial charge is 0.297 e. The second kappa shape index (κ2) is 6.01. The quantitative estimate of drug-likeness (QED) is 0.320. The first-order valence-corrected chi connectivity index (χ1v) is 10.6. The van der Waals surface area contributed by atoms with Crippen LogP contribution in [0.2, 0.25) is 0 Å². The van der Waals surface area contributed by atoms with Crippen LogP contribution in [0, 0.1) is 6.92 Å². The van der Waals surface area contributed by atoms with Crippen molar-refractivity contribution in [1.29, 1.82) is 0 Å². The van der Waals surface area contributed by atoms with Crippen molar-refractivity contribution in [2.45, 2.75) is 11.8 Å². The molecule has 0 amide bonds. The molecule has 5 rings (SSSR count). The Bertz CT molecular complexity index is 1780. The van der Waals surface area contributed by atoms with Crippen LogP contribution in [0.5, 0.6) is 0 Å². The number of pyridine rings is 2. The van der Waals surface area contributed by atoms with Crippen LogP contribution in [0.4, 0.5) is 0 Å². The van der Waals surface area contributed by atoms with Crippen molar-refractivity contribution < 1.29 is 13.0 Å². The monoisotopic (exact) mass is 420 g/mol. The van der Waals surface area contributed by atoms with Gasteiger partial charge in [0.25, 0.3) is 10.1 Å². The third kappa shape index (κ3) is 2.38. The molecule has 0 saturated heterocycles. The Morgan fingerprint density at radius 3 is 2.30 bits per heavy atom. The molecule has 0 aliphatic rings. The molecule has 0 aliphatic carbocycles. The van der Waals surface area contributed by atoms with Gasteiger partial charge in [-0.25, -0.2) is 0 Å². The van der Waals surface area contributed by atoms with Gasteiger partial charge in [-0.1, -0.05) is 24.3 Å². The first-order chi connectivity index (χ1) is 14.2. The van der Waals surface area contributed by atoms with Crippen molar-refractivity contribution in [3.63, 3.8) is 0 Å². The molecular weight excluding hydrogens is 404 g/mol. The molecule has 3 aromatic carbocycles. The molecule has 8 heteroatoms. The SMILES string of the molecule is Cc1cccc2c(=O)c3cc4[nH]c5ccccc5c(=O)c4c(S(=O)(=O)O)c3n(C)c12. The van der Waals surface area contributed by atoms with Gasteiger partial charge in [0.2, 0.25) is 0 Å². The zero-order valence-electron chi connectivity index (χ0n) is 16.1. The highest BCUT2D eigenvalue weighted by Crippen LogP contribution is 2.31. The van der Waals surface area contributed by atoms with Crippen molar-refractivity contribution in [3.05, 3.63) is 74.5 Å². The second-order valence-corrected chi connectivity index (χ2v) is 8.72. The Morgan fingerprint density at radius 1 is 0.867 bits per heavy atom. The fourth-order valence-electron chi connectivity index (χ4n) is 4.34. The molecule has 0 spiro atoms. The molecule has 2 aromatic heterocycles. The minimum absolute atomic E-state index is 0.00224. The van der Waals surface area contributed by atoms with E-state index >= 15 is 0 Å². The summed E-state index contributed by atoms with van der Waals surface area (Å²) in [7, 11) is -3.23. The van der Waals surface area contributed by atoms with Crippen LogP contribution in [-0.2, 0) is 17.2 Å². The predicted octanol–water partition coefficient (Wildman–Crippen LogP) is 3.24. The largest absolute Gasteiger partial charge is 0.354 e. The third-order valence-electron chi connectivity index (χ3n) is 5.58. The summed E-state index contributed by atoms with van der Waals surface area (Å²) in [6.07, 6.45) is 0. The Kier molecular flexibility index (Phi) is 3.71. The number of H-pyrrole nitrogens is 1. The zero-order valence-corrected chi connectivity index (χ0v) is 16.9. The standard InChI is InChI=1S/C22H16N2O5S/c1-11-6-5-8-13-18(11)24(2)19-14(20(13)25)10-16-17(22(19)30(27,28)29)21(26)12-7-3-4-9-15(12)23-16/h3-10H,1-2H3,(H,23,26)(H,27,28,29). The number of fused-ring (bicyclic) bond motifs is 4. The second-order valence-electron chi connectivity index (χ2n) is 7.36. The molecule has 0 radical (unpaired) electrons. The number of hydrogen-bond donors (Lipinski definition) is 2. The normalized spacial score (nSPS) is 12.4. The first kappa shape index (κ1) is 18.5. The maximum atomic E-state index is 13.3. The van der Waals surface area contributed by atoms with Gasteiger partial charge in [-0.2, -0.15) is 8.42 Å². The average Bonchev–Trinajstić information content (AvgIpc) is 2.70. The first-order valence-electron chi connectivity index (χ1n) is 9.17. The van der Waals surface area contributed by atoms with E-state index in [1.807, 2.05) is 13.0 Å². The number of nitrogens with one attached hydrogen (secondary N) is 1. The Balaban J connectivity index is 2.24. The number of benzene rings is 3. The minimum Gasteiger partial charge on any atom is -0.354 e. The Morgan fingerprint density at radius 2 is 1.57 bits per heavy atom. The molecule has 0 fully saturated rings. The highest BCUT2D eigenvalue weighted by Gasteiger charge is 2.26. The molecule has 2 N–H and O–H groups in total. The van der Waals surface area contributed by atoms with Gasteiger partial charge in [0, 0.05) is 28.7 Å². The molecular formula is C22H16N2O5S. The van der Waals surface area contributed by atoms with Crippen molar-refractivity contribution in [3.8, 4) is 0 Å². The Hall–Kier alpha value is -3.49. The molecule has 0 aliphatic heterocycles. The molecule has 7 nitrogen and oxygen atoms in total. The molecule has 0 saturated carbocycles. The lowest BCUT2D eigenvalue weighted by Crippen LogP contribution is -2.17. The van der Waals surface area contributed by atoms with E-state index in [1.54, 1.807) is 48.0 Å². The molecule has 0 unspecified atom stereocenters. The summed E-state index contributed by atoms with van der Waals surface area (Å²) in [5.41, 5.74) is 1.07. The molecule has 5 aromatic rings. The van der Waals surface area contributed by atoms with E-state index in [2.05, 4.69) is 4.98 Å². The number of hydrogen-bond acceptors (Lipinski definition) is 4. The van der Waals surface area contributed by atoms with E-state index in [0.29, 0.717) is 16.4 Å². The highest BCUT2D eigenvalue weighted by molar-refractivity contribution is 7.86. The van der Waals surface area contributed by atoms with E-state index in [-0.39, 0.29) is 32.6 Å². The minimum atomic E-state index is -4.85. The molecule has 0 bridgehead atoms. The van der Waals surface area contributed by atoms with Crippen LogP contribution < -0.4 is 10.9 Å². The van der Waals surface area contributed by atoms with Gasteiger partial charge in [-0.05, 0) is 36.8 Å². The van der Waals surface area contributed by atoms with Gasteiger partial charge >= 0.3 is 0 Å². The van der Waals surface area contributed by atoms with Crippen molar-refractivity contribution >= 4 is 53.7 Å². The molecule has 150 valence electrons. The lowest BCUT2D eigenvalue weighted by Gasteiger charge is -2.16. The van der Waals surface area contributed by atoms with Gasteiger partial charge < -0.3 is 9.55 Å². The van der Waals surface area contributed by atoms with Gasteiger partial charge in [-0.15, -0.1) is 0 Å². The van der Waals surface area contributed by atoms with Crippen LogP contribution in [-0.4, -0.2) is 22.5 Å². The van der Waals surface area contributed by atoms with E-state index in [1.165, 1.54) is 6.07 Å². The number of rotatable bonds is 1. The maximum Gasteiger partial charge on any atom is 0.297 e. The van der Waals surface area contributed by atoms with Crippen LogP contribution in [0.15, 0.2) is 63.0 Å². The molecule has 0 atom stereocenters. The predicted molar refractivity (Wildman–Crippen MR) is 117 cm³/mol. The summed E-state index contributed by atoms with van der Waals surface area (Å²) in [5, 5.41) is 0.637. The van der Waals surface area contributed by atoms with Gasteiger partial charge in [-0.3, -0.25) is 14.1 Å². The summed E-state index contributed by atoms with van der Waals surface area (Å²) in [5.74, 6) is 0. The third-order valence-corrected chi connectivity index (χ3v) is 6.49. The number of nitrogens with zero attached hydrogens (tertiary/aromatic N) is 1. The van der Waals surface area contributed by atoms with E-state index in [0.717, 1.165) is 5.56 Å². The molecule has 2 heterocycles. The van der Waals surface area contributed by atoms with Gasteiger partial charge in [0.05, 0.1) is 21.9 Å². The highest BCUT2D eigenvalue weighted by atomic mass is 32.2. The number of aromatic nitrogens is 2. The fraction of sp³-hybridized carbons (Fsp3) is 0.0909. The summed E-state index contributed by atoms with van der Waals surface area (Å²) >= 11 is 0. The van der Waals surface area contributed by atoms with Crippen LogP contribution in [0.3, 0.4) is 0 Å². The van der Waals surface area contributed by atoms with E-state index < -0.39 is 20.4 Å². The fourth-order valence-corrected chi connectivity index (χ4v) is 5.30. The van der Waals surface area contributed by atoms with E-state index in [4.69, 9.17) is 0 Å². The lowest BCUT2D eigenvalue weighted by atomic mass is 10.0. The summed E-state index contributed by atoms with van der Waals surface area (Å²) in [6.45, 7) is 1.81. The lowest BCUT2D eigenvalue weighted by molar-refractivity contribution is 0.484. The number of aromatic amines is 1. The summed E-state index contributed by atoms with van der Waals surface area (Å²) < 4.78 is 36.7. The topological polar surface area (TPSA) is 109 Å². The number of para-hydroxylation sites is 2. The maximum absolute atomic E-state index is 13.3.